The predicted molar refractivity (Wildman–Crippen MR) is 68.0 cm³/mol. The van der Waals surface area contributed by atoms with Gasteiger partial charge < -0.3 is 5.73 Å². The quantitative estimate of drug-likeness (QED) is 0.698. The van der Waals surface area contributed by atoms with Crippen molar-refractivity contribution in [3.8, 4) is 11.9 Å². The summed E-state index contributed by atoms with van der Waals surface area (Å²) in [5.74, 6) is 0.634. The lowest BCUT2D eigenvalue weighted by Gasteiger charge is -2.04. The van der Waals surface area contributed by atoms with E-state index < -0.39 is 0 Å². The molecule has 0 aliphatic carbocycles. The first-order valence-corrected chi connectivity index (χ1v) is 5.38. The minimum Gasteiger partial charge on any atom is -0.396 e. The smallest absolute Gasteiger partial charge is 0.165 e. The van der Waals surface area contributed by atoms with Gasteiger partial charge in [0.05, 0.1) is 16.7 Å². The normalized spacial score (nSPS) is 10.4. The summed E-state index contributed by atoms with van der Waals surface area (Å²) in [6.45, 7) is 0. The topological polar surface area (TPSA) is 80.5 Å². The standard InChI is InChI=1S/C13H9N5/c14-7-11-9(15)5-6-13(17-11)18-8-16-10-3-1-2-4-12(10)18/h1-6,8H,15H2. The van der Waals surface area contributed by atoms with Gasteiger partial charge in [-0.25, -0.2) is 9.97 Å². The summed E-state index contributed by atoms with van der Waals surface area (Å²) >= 11 is 0. The molecule has 0 saturated carbocycles. The summed E-state index contributed by atoms with van der Waals surface area (Å²) in [5, 5.41) is 8.94. The molecule has 0 radical (unpaired) electrons. The largest absolute Gasteiger partial charge is 0.396 e. The predicted octanol–water partition coefficient (Wildman–Crippen LogP) is 1.87. The second-order valence-electron chi connectivity index (χ2n) is 3.82. The fourth-order valence-corrected chi connectivity index (χ4v) is 1.83. The van der Waals surface area contributed by atoms with Crippen molar-refractivity contribution >= 4 is 16.7 Å². The summed E-state index contributed by atoms with van der Waals surface area (Å²) in [6, 6.07) is 13.2. The van der Waals surface area contributed by atoms with Gasteiger partial charge in [0.25, 0.3) is 0 Å². The SMILES string of the molecule is N#Cc1nc(-n2cnc3ccccc32)ccc1N. The van der Waals surface area contributed by atoms with Crippen LogP contribution in [0.1, 0.15) is 5.69 Å². The Kier molecular flexibility index (Phi) is 2.21. The number of hydrogen-bond donors (Lipinski definition) is 1. The Bertz CT molecular complexity index is 766. The van der Waals surface area contributed by atoms with Crippen molar-refractivity contribution in [3.63, 3.8) is 0 Å². The highest BCUT2D eigenvalue weighted by Crippen LogP contribution is 2.18. The Labute approximate surface area is 103 Å². The van der Waals surface area contributed by atoms with E-state index >= 15 is 0 Å². The minimum atomic E-state index is 0.227. The molecule has 2 aromatic heterocycles. The number of para-hydroxylation sites is 2. The Morgan fingerprint density at radius 3 is 2.83 bits per heavy atom. The van der Waals surface area contributed by atoms with Gasteiger partial charge in [0.1, 0.15) is 18.2 Å². The van der Waals surface area contributed by atoms with Gasteiger partial charge in [0.2, 0.25) is 0 Å². The Balaban J connectivity index is 2.24. The molecule has 0 bridgehead atoms. The van der Waals surface area contributed by atoms with Crippen LogP contribution in [0.2, 0.25) is 0 Å². The van der Waals surface area contributed by atoms with Crippen LogP contribution in [0, 0.1) is 11.3 Å². The van der Waals surface area contributed by atoms with Crippen LogP contribution >= 0.6 is 0 Å². The van der Waals surface area contributed by atoms with E-state index in [9.17, 15) is 0 Å². The maximum Gasteiger partial charge on any atom is 0.165 e. The average Bonchev–Trinajstić information content (AvgIpc) is 2.83. The fourth-order valence-electron chi connectivity index (χ4n) is 1.83. The van der Waals surface area contributed by atoms with Crippen LogP contribution in [0.3, 0.4) is 0 Å². The van der Waals surface area contributed by atoms with Gasteiger partial charge in [-0.2, -0.15) is 5.26 Å². The molecule has 86 valence electrons. The Morgan fingerprint density at radius 1 is 1.17 bits per heavy atom. The molecule has 0 saturated heterocycles. The Morgan fingerprint density at radius 2 is 2.00 bits per heavy atom. The number of nitrogen functional groups attached to an aromatic ring is 1. The molecule has 1 aromatic carbocycles. The lowest BCUT2D eigenvalue weighted by Crippen LogP contribution is -2.00. The van der Waals surface area contributed by atoms with Crippen molar-refractivity contribution < 1.29 is 0 Å². The van der Waals surface area contributed by atoms with Crippen molar-refractivity contribution in [2.45, 2.75) is 0 Å². The molecule has 0 amide bonds. The lowest BCUT2D eigenvalue weighted by molar-refractivity contribution is 1.02. The molecule has 2 heterocycles. The third-order valence-electron chi connectivity index (χ3n) is 2.72. The van der Waals surface area contributed by atoms with E-state index in [2.05, 4.69) is 9.97 Å². The highest BCUT2D eigenvalue weighted by atomic mass is 15.1. The zero-order chi connectivity index (χ0) is 12.5. The highest BCUT2D eigenvalue weighted by Gasteiger charge is 2.07. The third kappa shape index (κ3) is 1.48. The van der Waals surface area contributed by atoms with E-state index in [1.165, 1.54) is 0 Å². The average molecular weight is 235 g/mol. The highest BCUT2D eigenvalue weighted by molar-refractivity contribution is 5.76. The molecular weight excluding hydrogens is 226 g/mol. The van der Waals surface area contributed by atoms with Crippen molar-refractivity contribution in [1.82, 2.24) is 14.5 Å². The first-order chi connectivity index (χ1) is 8.79. The van der Waals surface area contributed by atoms with Crippen LogP contribution in [-0.2, 0) is 0 Å². The molecule has 5 heteroatoms. The van der Waals surface area contributed by atoms with E-state index in [4.69, 9.17) is 11.0 Å². The number of fused-ring (bicyclic) bond motifs is 1. The molecule has 0 aliphatic heterocycles. The maximum absolute atomic E-state index is 8.94. The van der Waals surface area contributed by atoms with E-state index in [0.717, 1.165) is 11.0 Å². The van der Waals surface area contributed by atoms with Gasteiger partial charge in [-0.05, 0) is 24.3 Å². The van der Waals surface area contributed by atoms with Crippen molar-refractivity contribution in [3.05, 3.63) is 48.4 Å². The molecule has 18 heavy (non-hydrogen) atoms. The number of pyridine rings is 1. The number of aromatic nitrogens is 3. The van der Waals surface area contributed by atoms with Crippen LogP contribution in [0.25, 0.3) is 16.9 Å². The van der Waals surface area contributed by atoms with Gasteiger partial charge in [0, 0.05) is 0 Å². The first kappa shape index (κ1) is 10.3. The van der Waals surface area contributed by atoms with Crippen molar-refractivity contribution in [2.75, 3.05) is 5.73 Å². The van der Waals surface area contributed by atoms with Gasteiger partial charge in [-0.3, -0.25) is 4.57 Å². The third-order valence-corrected chi connectivity index (χ3v) is 2.72. The molecule has 2 N–H and O–H groups in total. The van der Waals surface area contributed by atoms with Crippen LogP contribution in [0.4, 0.5) is 5.69 Å². The molecule has 0 unspecified atom stereocenters. The second-order valence-corrected chi connectivity index (χ2v) is 3.82. The number of nitrogens with zero attached hydrogens (tertiary/aromatic N) is 4. The van der Waals surface area contributed by atoms with E-state index in [-0.39, 0.29) is 5.69 Å². The van der Waals surface area contributed by atoms with Gasteiger partial charge >= 0.3 is 0 Å². The number of benzene rings is 1. The number of nitriles is 1. The number of hydrogen-bond acceptors (Lipinski definition) is 4. The van der Waals surface area contributed by atoms with Gasteiger partial charge in [-0.1, -0.05) is 12.1 Å². The molecule has 0 fully saturated rings. The molecule has 0 atom stereocenters. The summed E-state index contributed by atoms with van der Waals surface area (Å²) < 4.78 is 1.83. The summed E-state index contributed by atoms with van der Waals surface area (Å²) in [4.78, 5) is 8.50. The molecular formula is C13H9N5. The second kappa shape index (κ2) is 3.86. The lowest BCUT2D eigenvalue weighted by atomic mass is 10.3. The van der Waals surface area contributed by atoms with Crippen molar-refractivity contribution in [2.24, 2.45) is 0 Å². The zero-order valence-electron chi connectivity index (χ0n) is 9.41. The maximum atomic E-state index is 8.94. The number of nitrogens with two attached hydrogens (primary N) is 1. The van der Waals surface area contributed by atoms with Gasteiger partial charge in [0.15, 0.2) is 5.69 Å². The van der Waals surface area contributed by atoms with Crippen molar-refractivity contribution in [1.29, 1.82) is 5.26 Å². The van der Waals surface area contributed by atoms with Crippen LogP contribution in [0.5, 0.6) is 0 Å². The van der Waals surface area contributed by atoms with Crippen LogP contribution in [0.15, 0.2) is 42.7 Å². The van der Waals surface area contributed by atoms with Crippen LogP contribution < -0.4 is 5.73 Å². The molecule has 5 nitrogen and oxygen atoms in total. The van der Waals surface area contributed by atoms with E-state index in [1.807, 2.05) is 34.9 Å². The summed E-state index contributed by atoms with van der Waals surface area (Å²) in [5.41, 5.74) is 8.09. The summed E-state index contributed by atoms with van der Waals surface area (Å²) in [6.07, 6.45) is 1.68. The van der Waals surface area contributed by atoms with Gasteiger partial charge in [-0.15, -0.1) is 0 Å². The molecule has 3 aromatic rings. The number of anilines is 1. The fraction of sp³-hybridized carbons (Fsp3) is 0. The van der Waals surface area contributed by atoms with E-state index in [0.29, 0.717) is 11.5 Å². The first-order valence-electron chi connectivity index (χ1n) is 5.38. The van der Waals surface area contributed by atoms with Crippen LogP contribution in [-0.4, -0.2) is 14.5 Å². The molecule has 3 rings (SSSR count). The zero-order valence-corrected chi connectivity index (χ0v) is 9.41. The number of rotatable bonds is 1. The number of imidazole rings is 1. The minimum absolute atomic E-state index is 0.227. The molecule has 0 spiro atoms. The van der Waals surface area contributed by atoms with E-state index in [1.54, 1.807) is 18.5 Å². The molecule has 0 aliphatic rings. The summed E-state index contributed by atoms with van der Waals surface area (Å²) in [7, 11) is 0. The monoisotopic (exact) mass is 235 g/mol. The Hall–Kier alpha value is -2.87.